The maximum Gasteiger partial charge on any atom is 0.0583 e. The molecule has 3 unspecified atom stereocenters. The molecule has 1 aromatic carbocycles. The molecular weight excluding hydrogens is 236 g/mol. The zero-order valence-corrected chi connectivity index (χ0v) is 12.3. The topological polar surface area (TPSA) is 49.5 Å². The van der Waals surface area contributed by atoms with Crippen LogP contribution in [0, 0.1) is 19.8 Å². The molecule has 106 valence electrons. The third-order valence-electron chi connectivity index (χ3n) is 4.33. The molecule has 1 aromatic rings. The van der Waals surface area contributed by atoms with Gasteiger partial charge in [0, 0.05) is 30.7 Å². The molecule has 0 bridgehead atoms. The Morgan fingerprint density at radius 2 is 2.05 bits per heavy atom. The number of aryl methyl sites for hydroxylation is 2. The van der Waals surface area contributed by atoms with Crippen LogP contribution in [0.3, 0.4) is 0 Å². The number of piperidine rings is 1. The van der Waals surface area contributed by atoms with Crippen LogP contribution in [-0.4, -0.2) is 30.3 Å². The lowest BCUT2D eigenvalue weighted by molar-refractivity contribution is 0.0902. The predicted octanol–water partition coefficient (Wildman–Crippen LogP) is 2.23. The number of anilines is 1. The van der Waals surface area contributed by atoms with Gasteiger partial charge in [0.05, 0.1) is 6.10 Å². The van der Waals surface area contributed by atoms with E-state index in [0.717, 1.165) is 25.9 Å². The molecule has 2 rings (SSSR count). The number of aliphatic hydroxyl groups is 1. The number of nitrogens with two attached hydrogens (primary N) is 1. The normalized spacial score (nSPS) is 25.4. The first-order valence-corrected chi connectivity index (χ1v) is 7.27. The highest BCUT2D eigenvalue weighted by atomic mass is 16.3. The Bertz CT molecular complexity index is 433. The molecule has 3 N–H and O–H groups in total. The van der Waals surface area contributed by atoms with Gasteiger partial charge in [-0.05, 0) is 49.9 Å². The molecule has 0 radical (unpaired) electrons. The highest BCUT2D eigenvalue weighted by Crippen LogP contribution is 2.27. The smallest absolute Gasteiger partial charge is 0.0583 e. The minimum absolute atomic E-state index is 0.154. The number of aliphatic hydroxyl groups excluding tert-OH is 1. The van der Waals surface area contributed by atoms with Crippen molar-refractivity contribution in [2.75, 3.05) is 18.0 Å². The van der Waals surface area contributed by atoms with E-state index in [0.29, 0.717) is 0 Å². The lowest BCUT2D eigenvalue weighted by Crippen LogP contribution is -2.50. The molecule has 0 spiro atoms. The van der Waals surface area contributed by atoms with Crippen LogP contribution < -0.4 is 10.6 Å². The van der Waals surface area contributed by atoms with E-state index < -0.39 is 0 Å². The van der Waals surface area contributed by atoms with Crippen molar-refractivity contribution in [2.24, 2.45) is 11.7 Å². The van der Waals surface area contributed by atoms with Crippen LogP contribution in [0.1, 0.15) is 30.9 Å². The molecule has 1 aliphatic rings. The largest absolute Gasteiger partial charge is 0.393 e. The second-order valence-electron chi connectivity index (χ2n) is 5.91. The third kappa shape index (κ3) is 3.28. The second kappa shape index (κ2) is 5.93. The molecule has 3 atom stereocenters. The Labute approximate surface area is 116 Å². The zero-order valence-electron chi connectivity index (χ0n) is 12.3. The van der Waals surface area contributed by atoms with E-state index in [-0.39, 0.29) is 18.1 Å². The number of benzene rings is 1. The fraction of sp³-hybridized carbons (Fsp3) is 0.625. The van der Waals surface area contributed by atoms with Crippen molar-refractivity contribution in [3.05, 3.63) is 29.3 Å². The number of hydrogen-bond donors (Lipinski definition) is 2. The minimum atomic E-state index is -0.236. The van der Waals surface area contributed by atoms with Crippen molar-refractivity contribution in [3.8, 4) is 0 Å². The molecule has 3 heteroatoms. The summed E-state index contributed by atoms with van der Waals surface area (Å²) < 4.78 is 0. The van der Waals surface area contributed by atoms with Gasteiger partial charge < -0.3 is 15.7 Å². The van der Waals surface area contributed by atoms with Gasteiger partial charge >= 0.3 is 0 Å². The van der Waals surface area contributed by atoms with E-state index in [1.165, 1.54) is 16.8 Å². The van der Waals surface area contributed by atoms with Gasteiger partial charge in [0.1, 0.15) is 0 Å². The summed E-state index contributed by atoms with van der Waals surface area (Å²) in [6, 6.07) is 6.70. The van der Waals surface area contributed by atoms with Crippen molar-refractivity contribution < 1.29 is 5.11 Å². The van der Waals surface area contributed by atoms with Gasteiger partial charge in [-0.15, -0.1) is 0 Å². The van der Waals surface area contributed by atoms with Crippen LogP contribution in [0.15, 0.2) is 18.2 Å². The van der Waals surface area contributed by atoms with E-state index in [4.69, 9.17) is 5.73 Å². The van der Waals surface area contributed by atoms with E-state index in [9.17, 15) is 5.11 Å². The standard InChI is InChI=1S/C16H26N2O/c1-4-16(19)13-8-14(17)10-18(9-13)15-6-5-11(2)12(3)7-15/h5-7,13-14,16,19H,4,8-10,17H2,1-3H3. The highest BCUT2D eigenvalue weighted by molar-refractivity contribution is 5.51. The second-order valence-corrected chi connectivity index (χ2v) is 5.91. The van der Waals surface area contributed by atoms with Crippen LogP contribution >= 0.6 is 0 Å². The summed E-state index contributed by atoms with van der Waals surface area (Å²) in [6.07, 6.45) is 1.49. The lowest BCUT2D eigenvalue weighted by atomic mass is 9.88. The SMILES string of the molecule is CCC(O)C1CC(N)CN(c2ccc(C)c(C)c2)C1. The number of rotatable bonds is 3. The van der Waals surface area contributed by atoms with Gasteiger partial charge in [-0.1, -0.05) is 13.0 Å². The molecule has 1 heterocycles. The summed E-state index contributed by atoms with van der Waals surface area (Å²) in [5.41, 5.74) is 10.0. The average molecular weight is 262 g/mol. The Morgan fingerprint density at radius 1 is 1.32 bits per heavy atom. The number of nitrogens with zero attached hydrogens (tertiary/aromatic N) is 1. The van der Waals surface area contributed by atoms with E-state index in [2.05, 4.69) is 36.9 Å². The van der Waals surface area contributed by atoms with Crippen LogP contribution in [-0.2, 0) is 0 Å². The summed E-state index contributed by atoms with van der Waals surface area (Å²) in [7, 11) is 0. The van der Waals surface area contributed by atoms with Gasteiger partial charge in [0.2, 0.25) is 0 Å². The monoisotopic (exact) mass is 262 g/mol. The molecule has 0 saturated carbocycles. The van der Waals surface area contributed by atoms with Crippen molar-refractivity contribution in [3.63, 3.8) is 0 Å². The van der Waals surface area contributed by atoms with Gasteiger partial charge in [-0.3, -0.25) is 0 Å². The van der Waals surface area contributed by atoms with Crippen molar-refractivity contribution in [2.45, 2.75) is 45.8 Å². The minimum Gasteiger partial charge on any atom is -0.393 e. The fourth-order valence-electron chi connectivity index (χ4n) is 2.92. The zero-order chi connectivity index (χ0) is 14.0. The van der Waals surface area contributed by atoms with Crippen LogP contribution in [0.5, 0.6) is 0 Å². The summed E-state index contributed by atoms with van der Waals surface area (Å²) in [6.45, 7) is 8.09. The summed E-state index contributed by atoms with van der Waals surface area (Å²) in [5, 5.41) is 10.1. The molecule has 0 aliphatic carbocycles. The summed E-state index contributed by atoms with van der Waals surface area (Å²) in [5.74, 6) is 0.287. The fourth-order valence-corrected chi connectivity index (χ4v) is 2.92. The van der Waals surface area contributed by atoms with Crippen LogP contribution in [0.25, 0.3) is 0 Å². The average Bonchev–Trinajstić information content (AvgIpc) is 2.40. The third-order valence-corrected chi connectivity index (χ3v) is 4.33. The van der Waals surface area contributed by atoms with Crippen LogP contribution in [0.4, 0.5) is 5.69 Å². The highest BCUT2D eigenvalue weighted by Gasteiger charge is 2.29. The Hall–Kier alpha value is -1.06. The quantitative estimate of drug-likeness (QED) is 0.878. The first kappa shape index (κ1) is 14.4. The maximum atomic E-state index is 10.1. The predicted molar refractivity (Wildman–Crippen MR) is 80.5 cm³/mol. The Morgan fingerprint density at radius 3 is 2.68 bits per heavy atom. The molecule has 3 nitrogen and oxygen atoms in total. The first-order chi connectivity index (χ1) is 9.01. The maximum absolute atomic E-state index is 10.1. The van der Waals surface area contributed by atoms with Crippen molar-refractivity contribution >= 4 is 5.69 Å². The Kier molecular flexibility index (Phi) is 4.48. The van der Waals surface area contributed by atoms with Crippen LogP contribution in [0.2, 0.25) is 0 Å². The van der Waals surface area contributed by atoms with E-state index >= 15 is 0 Å². The number of hydrogen-bond acceptors (Lipinski definition) is 3. The molecule has 1 aliphatic heterocycles. The van der Waals surface area contributed by atoms with Gasteiger partial charge in [-0.2, -0.15) is 0 Å². The summed E-state index contributed by atoms with van der Waals surface area (Å²) in [4.78, 5) is 2.32. The van der Waals surface area contributed by atoms with Gasteiger partial charge in [0.25, 0.3) is 0 Å². The van der Waals surface area contributed by atoms with Crippen molar-refractivity contribution in [1.29, 1.82) is 0 Å². The van der Waals surface area contributed by atoms with Gasteiger partial charge in [0.15, 0.2) is 0 Å². The molecule has 1 saturated heterocycles. The first-order valence-electron chi connectivity index (χ1n) is 7.27. The summed E-state index contributed by atoms with van der Waals surface area (Å²) >= 11 is 0. The van der Waals surface area contributed by atoms with Gasteiger partial charge in [-0.25, -0.2) is 0 Å². The van der Waals surface area contributed by atoms with Crippen molar-refractivity contribution in [1.82, 2.24) is 0 Å². The van der Waals surface area contributed by atoms with E-state index in [1.54, 1.807) is 0 Å². The molecule has 0 aromatic heterocycles. The molecule has 19 heavy (non-hydrogen) atoms. The lowest BCUT2D eigenvalue weighted by Gasteiger charge is -2.39. The molecule has 0 amide bonds. The van der Waals surface area contributed by atoms with E-state index in [1.807, 2.05) is 6.92 Å². The molecular formula is C16H26N2O. The Balaban J connectivity index is 2.16. The molecule has 1 fully saturated rings.